The summed E-state index contributed by atoms with van der Waals surface area (Å²) in [4.78, 5) is 38.3. The Hall–Kier alpha value is -3.44. The second-order valence-corrected chi connectivity index (χ2v) is 12.9. The molecule has 2 heterocycles. The highest BCUT2D eigenvalue weighted by atomic mass is 35.5. The molecule has 220 valence electrons. The molecule has 3 aromatic rings. The van der Waals surface area contributed by atoms with Crippen LogP contribution in [0.4, 0.5) is 10.5 Å². The van der Waals surface area contributed by atoms with E-state index in [1.54, 1.807) is 69.3 Å². The molecule has 12 heteroatoms. The van der Waals surface area contributed by atoms with Crippen molar-refractivity contribution in [3.05, 3.63) is 87.4 Å². The van der Waals surface area contributed by atoms with Crippen LogP contribution in [-0.2, 0) is 20.1 Å². The van der Waals surface area contributed by atoms with Gasteiger partial charge in [-0.2, -0.15) is 0 Å². The minimum absolute atomic E-state index is 0.179. The molecule has 0 bridgehead atoms. The average Bonchev–Trinajstić information content (AvgIpc) is 2.91. The van der Waals surface area contributed by atoms with Crippen molar-refractivity contribution in [1.82, 2.24) is 16.0 Å². The molecule has 3 aromatic carbocycles. The van der Waals surface area contributed by atoms with Crippen LogP contribution in [0, 0.1) is 5.92 Å². The molecule has 1 fully saturated rings. The van der Waals surface area contributed by atoms with E-state index in [1.165, 1.54) is 11.8 Å². The minimum Gasteiger partial charge on any atom is -0.456 e. The lowest BCUT2D eigenvalue weighted by Crippen LogP contribution is -2.58. The largest absolute Gasteiger partial charge is 0.456 e. The number of ether oxygens (including phenoxy) is 2. The normalized spacial score (nSPS) is 18.2. The standard InChI is InChI=1S/C30H30Cl2N4O5S/c1-30(2,3)41-29(39)34-19-8-4-16(5-9-19)15-42-28-33-14-22(27(38)36-28)26(37)35-25-20-10-6-17(31)12-23(20)40-24-13-18(32)7-11-21(24)25/h4-13,22,25,28,33H,14-15H2,1-3H3,(H,34,39)(H,35,37)(H,36,38). The van der Waals surface area contributed by atoms with Gasteiger partial charge in [-0.25, -0.2) is 4.79 Å². The van der Waals surface area contributed by atoms with E-state index in [0.717, 1.165) is 16.7 Å². The Balaban J connectivity index is 1.16. The molecule has 0 spiro atoms. The Kier molecular flexibility index (Phi) is 8.89. The van der Waals surface area contributed by atoms with Crippen molar-refractivity contribution in [2.45, 2.75) is 43.7 Å². The van der Waals surface area contributed by atoms with Crippen LogP contribution < -0.4 is 26.0 Å². The van der Waals surface area contributed by atoms with Crippen LogP contribution in [0.3, 0.4) is 0 Å². The molecule has 2 atom stereocenters. The highest BCUT2D eigenvalue weighted by Gasteiger charge is 2.36. The lowest BCUT2D eigenvalue weighted by atomic mass is 9.93. The van der Waals surface area contributed by atoms with E-state index >= 15 is 0 Å². The predicted octanol–water partition coefficient (Wildman–Crippen LogP) is 6.20. The molecular weight excluding hydrogens is 599 g/mol. The SMILES string of the molecule is CC(C)(C)OC(=O)Nc1ccc(CSC2NCC(C(=O)NC3c4ccc(Cl)cc4Oc4cc(Cl)ccc43)C(=O)N2)cc1. The van der Waals surface area contributed by atoms with Gasteiger partial charge < -0.3 is 20.1 Å². The molecule has 0 saturated carbocycles. The van der Waals surface area contributed by atoms with E-state index in [-0.39, 0.29) is 17.9 Å². The molecule has 2 aliphatic heterocycles. The Morgan fingerprint density at radius 1 is 1.00 bits per heavy atom. The Morgan fingerprint density at radius 3 is 2.19 bits per heavy atom. The molecule has 9 nitrogen and oxygen atoms in total. The third-order valence-electron chi connectivity index (χ3n) is 6.51. The van der Waals surface area contributed by atoms with Gasteiger partial charge in [0.15, 0.2) is 0 Å². The maximum atomic E-state index is 13.4. The van der Waals surface area contributed by atoms with E-state index in [2.05, 4.69) is 21.3 Å². The zero-order valence-corrected chi connectivity index (χ0v) is 25.5. The Morgan fingerprint density at radius 2 is 1.62 bits per heavy atom. The molecule has 5 rings (SSSR count). The number of benzene rings is 3. The van der Waals surface area contributed by atoms with Gasteiger partial charge in [0.1, 0.15) is 28.5 Å². The lowest BCUT2D eigenvalue weighted by Gasteiger charge is -2.32. The molecular formula is C30H30Cl2N4O5S. The van der Waals surface area contributed by atoms with Crippen LogP contribution in [0.2, 0.25) is 10.0 Å². The number of hydrogen-bond donors (Lipinski definition) is 4. The van der Waals surface area contributed by atoms with Crippen molar-refractivity contribution >= 4 is 58.6 Å². The fraction of sp³-hybridized carbons (Fsp3) is 0.300. The molecule has 0 aromatic heterocycles. The Labute approximate surface area is 258 Å². The quantitative estimate of drug-likeness (QED) is 0.240. The molecule has 0 aliphatic carbocycles. The van der Waals surface area contributed by atoms with Crippen LogP contribution in [0.1, 0.15) is 43.5 Å². The molecule has 2 aliphatic rings. The van der Waals surface area contributed by atoms with Crippen LogP contribution in [-0.4, -0.2) is 35.6 Å². The van der Waals surface area contributed by atoms with Gasteiger partial charge in [-0.05, 0) is 62.7 Å². The third kappa shape index (κ3) is 7.30. The van der Waals surface area contributed by atoms with Crippen LogP contribution >= 0.6 is 35.0 Å². The lowest BCUT2D eigenvalue weighted by molar-refractivity contribution is -0.137. The molecule has 42 heavy (non-hydrogen) atoms. The highest BCUT2D eigenvalue weighted by Crippen LogP contribution is 2.44. The summed E-state index contributed by atoms with van der Waals surface area (Å²) in [6.07, 6.45) is -0.517. The first-order valence-electron chi connectivity index (χ1n) is 13.3. The predicted molar refractivity (Wildman–Crippen MR) is 164 cm³/mol. The fourth-order valence-electron chi connectivity index (χ4n) is 4.55. The van der Waals surface area contributed by atoms with Gasteiger partial charge in [-0.15, -0.1) is 11.8 Å². The number of amides is 3. The van der Waals surface area contributed by atoms with Gasteiger partial charge in [-0.3, -0.25) is 20.2 Å². The van der Waals surface area contributed by atoms with Gasteiger partial charge >= 0.3 is 6.09 Å². The number of hydrogen-bond acceptors (Lipinski definition) is 7. The number of nitrogens with one attached hydrogen (secondary N) is 4. The highest BCUT2D eigenvalue weighted by molar-refractivity contribution is 7.99. The summed E-state index contributed by atoms with van der Waals surface area (Å²) in [6, 6.07) is 17.2. The summed E-state index contributed by atoms with van der Waals surface area (Å²) >= 11 is 13.8. The van der Waals surface area contributed by atoms with Crippen LogP contribution in [0.15, 0.2) is 60.7 Å². The number of carbonyl (C=O) groups is 3. The zero-order valence-electron chi connectivity index (χ0n) is 23.1. The first kappa shape index (κ1) is 30.0. The van der Waals surface area contributed by atoms with Gasteiger partial charge in [0.2, 0.25) is 11.8 Å². The second-order valence-electron chi connectivity index (χ2n) is 10.9. The summed E-state index contributed by atoms with van der Waals surface area (Å²) in [7, 11) is 0. The maximum Gasteiger partial charge on any atom is 0.412 e. The number of anilines is 1. The minimum atomic E-state index is -0.922. The molecule has 3 amide bonds. The van der Waals surface area contributed by atoms with Crippen molar-refractivity contribution in [2.24, 2.45) is 5.92 Å². The smallest absolute Gasteiger partial charge is 0.412 e. The van der Waals surface area contributed by atoms with Gasteiger partial charge in [0.05, 0.1) is 6.04 Å². The van der Waals surface area contributed by atoms with Crippen molar-refractivity contribution in [3.63, 3.8) is 0 Å². The molecule has 4 N–H and O–H groups in total. The van der Waals surface area contributed by atoms with E-state index in [9.17, 15) is 14.4 Å². The van der Waals surface area contributed by atoms with Crippen LogP contribution in [0.5, 0.6) is 11.5 Å². The number of carbonyl (C=O) groups excluding carboxylic acids is 3. The van der Waals surface area contributed by atoms with Gasteiger partial charge in [-0.1, -0.05) is 47.5 Å². The number of halogens is 2. The van der Waals surface area contributed by atoms with Crippen molar-refractivity contribution in [2.75, 3.05) is 11.9 Å². The van der Waals surface area contributed by atoms with Crippen molar-refractivity contribution in [1.29, 1.82) is 0 Å². The first-order chi connectivity index (χ1) is 19.9. The number of rotatable bonds is 6. The summed E-state index contributed by atoms with van der Waals surface area (Å²) in [5.41, 5.74) is 2.14. The Bertz CT molecular complexity index is 1460. The van der Waals surface area contributed by atoms with E-state index in [4.69, 9.17) is 32.7 Å². The number of fused-ring (bicyclic) bond motifs is 2. The summed E-state index contributed by atoms with van der Waals surface area (Å²) in [5.74, 6) is -0.0692. The van der Waals surface area contributed by atoms with E-state index < -0.39 is 29.6 Å². The van der Waals surface area contributed by atoms with Crippen LogP contribution in [0.25, 0.3) is 0 Å². The summed E-state index contributed by atoms with van der Waals surface area (Å²) in [5, 5.41) is 12.8. The van der Waals surface area contributed by atoms with Gasteiger partial charge in [0.25, 0.3) is 0 Å². The summed E-state index contributed by atoms with van der Waals surface area (Å²) < 4.78 is 11.3. The first-order valence-corrected chi connectivity index (χ1v) is 15.1. The average molecular weight is 630 g/mol. The monoisotopic (exact) mass is 628 g/mol. The topological polar surface area (TPSA) is 118 Å². The van der Waals surface area contributed by atoms with Crippen molar-refractivity contribution in [3.8, 4) is 11.5 Å². The molecule has 2 unspecified atom stereocenters. The summed E-state index contributed by atoms with van der Waals surface area (Å²) in [6.45, 7) is 5.59. The third-order valence-corrected chi connectivity index (χ3v) is 8.10. The second kappa shape index (κ2) is 12.4. The number of thioether (sulfide) groups is 1. The maximum absolute atomic E-state index is 13.4. The van der Waals surface area contributed by atoms with Gasteiger partial charge in [0, 0.05) is 39.2 Å². The van der Waals surface area contributed by atoms with E-state index in [1.807, 2.05) is 12.1 Å². The fourth-order valence-corrected chi connectivity index (χ4v) is 5.84. The van der Waals surface area contributed by atoms with Crippen molar-refractivity contribution < 1.29 is 23.9 Å². The molecule has 0 radical (unpaired) electrons. The van der Waals surface area contributed by atoms with E-state index in [0.29, 0.717) is 33.0 Å². The zero-order chi connectivity index (χ0) is 30.0. The molecule has 1 saturated heterocycles.